The maximum absolute atomic E-state index is 13.1. The summed E-state index contributed by atoms with van der Waals surface area (Å²) in [7, 11) is 0. The van der Waals surface area contributed by atoms with Crippen molar-refractivity contribution in [2.24, 2.45) is 5.92 Å². The molecule has 0 unspecified atom stereocenters. The lowest BCUT2D eigenvalue weighted by Crippen LogP contribution is -2.46. The van der Waals surface area contributed by atoms with E-state index in [2.05, 4.69) is 22.9 Å². The van der Waals surface area contributed by atoms with E-state index in [9.17, 15) is 19.2 Å². The molecule has 1 aliphatic rings. The number of esters is 1. The van der Waals surface area contributed by atoms with Crippen LogP contribution in [0.15, 0.2) is 66.7 Å². The molecule has 0 fully saturated rings. The number of hydrogen-bond donors (Lipinski definition) is 1. The molecule has 1 atom stereocenters. The molecule has 38 heavy (non-hydrogen) atoms. The molecule has 0 saturated carbocycles. The van der Waals surface area contributed by atoms with Crippen molar-refractivity contribution >= 4 is 51.2 Å². The zero-order chi connectivity index (χ0) is 27.0. The van der Waals surface area contributed by atoms with Crippen LogP contribution in [-0.2, 0) is 20.9 Å². The molecule has 1 N–H and O–H groups in total. The first kappa shape index (κ1) is 25.2. The molecule has 0 bridgehead atoms. The Labute approximate surface area is 220 Å². The van der Waals surface area contributed by atoms with Crippen LogP contribution in [0.1, 0.15) is 47.9 Å². The number of aromatic nitrogens is 1. The number of benzene rings is 3. The summed E-state index contributed by atoms with van der Waals surface area (Å²) in [5, 5.41) is 4.89. The van der Waals surface area contributed by atoms with Gasteiger partial charge in [-0.1, -0.05) is 44.2 Å². The Morgan fingerprint density at radius 3 is 2.16 bits per heavy atom. The predicted molar refractivity (Wildman–Crippen MR) is 145 cm³/mol. The second kappa shape index (κ2) is 10.1. The Kier molecular flexibility index (Phi) is 6.72. The molecule has 8 nitrogen and oxygen atoms in total. The molecule has 3 amide bonds. The molecule has 1 aromatic heterocycles. The normalized spacial score (nSPS) is 13.8. The standard InChI is InChI=1S/C30H29N3O5/c1-4-32-24-12-8-7-9-20(24)23-16-19(13-14-25(23)32)31-27(34)17-38-30(37)26(15-18(2)3)33-28(35)21-10-5-6-11-22(21)29(33)36/h5-14,16,18,26H,4,15,17H2,1-3H3,(H,31,34)/t26-/m0/s1. The molecule has 0 aliphatic carbocycles. The molecule has 4 aromatic rings. The van der Waals surface area contributed by atoms with Crippen molar-refractivity contribution in [3.63, 3.8) is 0 Å². The highest BCUT2D eigenvalue weighted by molar-refractivity contribution is 6.22. The topological polar surface area (TPSA) is 97.7 Å². The largest absolute Gasteiger partial charge is 0.454 e. The maximum atomic E-state index is 13.1. The number of ether oxygens (including phenoxy) is 1. The lowest BCUT2D eigenvalue weighted by molar-refractivity contribution is -0.151. The number of carbonyl (C=O) groups is 4. The molecule has 2 heterocycles. The highest BCUT2D eigenvalue weighted by atomic mass is 16.5. The highest BCUT2D eigenvalue weighted by Gasteiger charge is 2.43. The quantitative estimate of drug-likeness (QED) is 0.265. The van der Waals surface area contributed by atoms with Gasteiger partial charge in [-0.25, -0.2) is 4.79 Å². The number of carbonyl (C=O) groups excluding carboxylic acids is 4. The SMILES string of the molecule is CCn1c2ccccc2c2cc(NC(=O)COC(=O)[C@H](CC(C)C)N3C(=O)c4ccccc4C3=O)ccc21. The summed E-state index contributed by atoms with van der Waals surface area (Å²) in [6.45, 7) is 6.14. The number of para-hydroxylation sites is 1. The highest BCUT2D eigenvalue weighted by Crippen LogP contribution is 2.31. The van der Waals surface area contributed by atoms with E-state index >= 15 is 0 Å². The summed E-state index contributed by atoms with van der Waals surface area (Å²) in [6, 6.07) is 19.1. The lowest BCUT2D eigenvalue weighted by Gasteiger charge is -2.25. The van der Waals surface area contributed by atoms with Crippen molar-refractivity contribution in [1.82, 2.24) is 9.47 Å². The van der Waals surface area contributed by atoms with Gasteiger partial charge >= 0.3 is 5.97 Å². The molecular formula is C30H29N3O5. The summed E-state index contributed by atoms with van der Waals surface area (Å²) in [5.41, 5.74) is 3.28. The first-order valence-corrected chi connectivity index (χ1v) is 12.7. The number of anilines is 1. The first-order chi connectivity index (χ1) is 18.3. The minimum atomic E-state index is -1.12. The van der Waals surface area contributed by atoms with Gasteiger partial charge in [0.15, 0.2) is 6.61 Å². The molecule has 0 saturated heterocycles. The molecule has 8 heteroatoms. The molecule has 194 valence electrons. The van der Waals surface area contributed by atoms with Crippen LogP contribution >= 0.6 is 0 Å². The van der Waals surface area contributed by atoms with Gasteiger partial charge in [0.2, 0.25) is 0 Å². The Bertz CT molecular complexity index is 1550. The van der Waals surface area contributed by atoms with Crippen LogP contribution in [0.2, 0.25) is 0 Å². The summed E-state index contributed by atoms with van der Waals surface area (Å²) in [6.07, 6.45) is 0.226. The number of fused-ring (bicyclic) bond motifs is 4. The summed E-state index contributed by atoms with van der Waals surface area (Å²) in [5.74, 6) is -2.36. The van der Waals surface area contributed by atoms with Crippen LogP contribution in [-0.4, -0.2) is 45.8 Å². The number of rotatable bonds is 8. The van der Waals surface area contributed by atoms with Gasteiger partial charge in [0.05, 0.1) is 11.1 Å². The van der Waals surface area contributed by atoms with Crippen molar-refractivity contribution in [3.05, 3.63) is 77.9 Å². The summed E-state index contributed by atoms with van der Waals surface area (Å²) < 4.78 is 7.54. The minimum Gasteiger partial charge on any atom is -0.454 e. The van der Waals surface area contributed by atoms with E-state index in [4.69, 9.17) is 4.74 Å². The maximum Gasteiger partial charge on any atom is 0.329 e. The van der Waals surface area contributed by atoms with Crippen molar-refractivity contribution in [2.75, 3.05) is 11.9 Å². The van der Waals surface area contributed by atoms with E-state index < -0.39 is 36.3 Å². The van der Waals surface area contributed by atoms with E-state index in [0.29, 0.717) is 5.69 Å². The molecule has 0 radical (unpaired) electrons. The van der Waals surface area contributed by atoms with Gasteiger partial charge in [-0.05, 0) is 55.7 Å². The third kappa shape index (κ3) is 4.42. The minimum absolute atomic E-state index is 0.00247. The van der Waals surface area contributed by atoms with Gasteiger partial charge in [0, 0.05) is 34.0 Å². The number of imide groups is 1. The van der Waals surface area contributed by atoms with E-state index in [0.717, 1.165) is 33.3 Å². The van der Waals surface area contributed by atoms with E-state index in [1.165, 1.54) is 0 Å². The summed E-state index contributed by atoms with van der Waals surface area (Å²) >= 11 is 0. The number of amides is 3. The van der Waals surface area contributed by atoms with Crippen molar-refractivity contribution in [1.29, 1.82) is 0 Å². The van der Waals surface area contributed by atoms with Crippen LogP contribution in [0.5, 0.6) is 0 Å². The molecule has 0 spiro atoms. The zero-order valence-electron chi connectivity index (χ0n) is 21.6. The number of hydrogen-bond acceptors (Lipinski definition) is 5. The Morgan fingerprint density at radius 2 is 1.50 bits per heavy atom. The van der Waals surface area contributed by atoms with E-state index in [1.54, 1.807) is 24.3 Å². The van der Waals surface area contributed by atoms with Gasteiger partial charge in [-0.3, -0.25) is 19.3 Å². The van der Waals surface area contributed by atoms with Crippen LogP contribution in [0, 0.1) is 5.92 Å². The molecule has 3 aromatic carbocycles. The van der Waals surface area contributed by atoms with Crippen LogP contribution in [0.25, 0.3) is 21.8 Å². The predicted octanol–water partition coefficient (Wildman–Crippen LogP) is 5.01. The van der Waals surface area contributed by atoms with E-state index in [-0.39, 0.29) is 23.5 Å². The van der Waals surface area contributed by atoms with Gasteiger partial charge in [-0.15, -0.1) is 0 Å². The van der Waals surface area contributed by atoms with Crippen molar-refractivity contribution in [2.45, 2.75) is 39.8 Å². The van der Waals surface area contributed by atoms with Gasteiger partial charge in [-0.2, -0.15) is 0 Å². The fourth-order valence-electron chi connectivity index (χ4n) is 5.15. The van der Waals surface area contributed by atoms with Crippen molar-refractivity contribution < 1.29 is 23.9 Å². The fraction of sp³-hybridized carbons (Fsp3) is 0.267. The number of nitrogens with zero attached hydrogens (tertiary/aromatic N) is 2. The van der Waals surface area contributed by atoms with Gasteiger partial charge < -0.3 is 14.6 Å². The van der Waals surface area contributed by atoms with Gasteiger partial charge in [0.1, 0.15) is 6.04 Å². The summed E-state index contributed by atoms with van der Waals surface area (Å²) in [4.78, 5) is 52.6. The first-order valence-electron chi connectivity index (χ1n) is 12.7. The van der Waals surface area contributed by atoms with E-state index in [1.807, 2.05) is 50.2 Å². The molecule has 1 aliphatic heterocycles. The zero-order valence-corrected chi connectivity index (χ0v) is 21.6. The second-order valence-electron chi connectivity index (χ2n) is 9.82. The van der Waals surface area contributed by atoms with Crippen LogP contribution in [0.4, 0.5) is 5.69 Å². The average molecular weight is 512 g/mol. The Morgan fingerprint density at radius 1 is 0.868 bits per heavy atom. The van der Waals surface area contributed by atoms with Crippen LogP contribution < -0.4 is 5.32 Å². The number of aryl methyl sites for hydroxylation is 1. The molecule has 5 rings (SSSR count). The monoisotopic (exact) mass is 511 g/mol. The van der Waals surface area contributed by atoms with Gasteiger partial charge in [0.25, 0.3) is 17.7 Å². The second-order valence-corrected chi connectivity index (χ2v) is 9.82. The lowest BCUT2D eigenvalue weighted by atomic mass is 10.0. The Hall–Kier alpha value is -4.46. The third-order valence-corrected chi connectivity index (χ3v) is 6.82. The van der Waals surface area contributed by atoms with Crippen molar-refractivity contribution in [3.8, 4) is 0 Å². The van der Waals surface area contributed by atoms with Crippen LogP contribution in [0.3, 0.4) is 0 Å². The number of nitrogens with one attached hydrogen (secondary N) is 1. The molecular weight excluding hydrogens is 482 g/mol. The third-order valence-electron chi connectivity index (χ3n) is 6.82. The fourth-order valence-corrected chi connectivity index (χ4v) is 5.15. The average Bonchev–Trinajstić information content (AvgIpc) is 3.36. The smallest absolute Gasteiger partial charge is 0.329 e. The Balaban J connectivity index is 1.30.